The van der Waals surface area contributed by atoms with Gasteiger partial charge in [-0.2, -0.15) is 0 Å². The lowest BCUT2D eigenvalue weighted by molar-refractivity contribution is 0.0981. The summed E-state index contributed by atoms with van der Waals surface area (Å²) in [5.74, 6) is 1.10. The molecule has 0 aliphatic carbocycles. The second-order valence-corrected chi connectivity index (χ2v) is 6.88. The molecule has 1 aromatic carbocycles. The summed E-state index contributed by atoms with van der Waals surface area (Å²) in [6.45, 7) is 9.74. The number of carbonyl (C=O) groups excluding carboxylic acids is 1. The number of hydrogen-bond acceptors (Lipinski definition) is 3. The van der Waals surface area contributed by atoms with Gasteiger partial charge < -0.3 is 14.4 Å². The Morgan fingerprint density at radius 1 is 1.12 bits per heavy atom. The first-order valence-electron chi connectivity index (χ1n) is 8.76. The average Bonchev–Trinajstić information content (AvgIpc) is 2.92. The van der Waals surface area contributed by atoms with E-state index < -0.39 is 6.09 Å². The van der Waals surface area contributed by atoms with Crippen LogP contribution >= 0.6 is 0 Å². The van der Waals surface area contributed by atoms with Gasteiger partial charge in [-0.15, -0.1) is 0 Å². The lowest BCUT2D eigenvalue weighted by atomic mass is 9.99. The van der Waals surface area contributed by atoms with E-state index in [1.807, 2.05) is 39.8 Å². The highest BCUT2D eigenvalue weighted by Crippen LogP contribution is 2.39. The predicted octanol–water partition coefficient (Wildman–Crippen LogP) is 4.44. The molecule has 0 fully saturated rings. The molecule has 26 heavy (non-hydrogen) atoms. The molecule has 1 unspecified atom stereocenters. The van der Waals surface area contributed by atoms with Gasteiger partial charge in [-0.1, -0.05) is 6.92 Å². The first-order valence-corrected chi connectivity index (χ1v) is 8.76. The zero-order valence-corrected chi connectivity index (χ0v) is 15.8. The Hall–Kier alpha value is -2.76. The van der Waals surface area contributed by atoms with Gasteiger partial charge in [0.2, 0.25) is 0 Å². The van der Waals surface area contributed by atoms with Crippen LogP contribution in [0.3, 0.4) is 0 Å². The summed E-state index contributed by atoms with van der Waals surface area (Å²) in [4.78, 5) is 28.2. The van der Waals surface area contributed by atoms with Crippen molar-refractivity contribution in [2.24, 2.45) is 0 Å². The number of nitrogens with zero attached hydrogens (tertiary/aromatic N) is 2. The Bertz CT molecular complexity index is 884. The minimum Gasteiger partial charge on any atom is -0.466 e. The minimum atomic E-state index is -0.996. The number of anilines is 2. The molecule has 0 spiro atoms. The zero-order chi connectivity index (χ0) is 19.2. The highest BCUT2D eigenvalue weighted by atomic mass is 16.4. The SMILES string of the molecule is CCC1CN(C(=O)c2cc(C)oc2C)c2cc(C)c(C)cc2N1C(=O)O. The maximum Gasteiger partial charge on any atom is 0.412 e. The molecule has 0 saturated heterocycles. The van der Waals surface area contributed by atoms with Crippen molar-refractivity contribution >= 4 is 23.4 Å². The van der Waals surface area contributed by atoms with E-state index in [2.05, 4.69) is 0 Å². The Morgan fingerprint density at radius 3 is 2.23 bits per heavy atom. The van der Waals surface area contributed by atoms with Crippen LogP contribution in [-0.4, -0.2) is 29.7 Å². The van der Waals surface area contributed by atoms with Gasteiger partial charge in [0.15, 0.2) is 0 Å². The summed E-state index contributed by atoms with van der Waals surface area (Å²) >= 11 is 0. The summed E-state index contributed by atoms with van der Waals surface area (Å²) in [6.07, 6.45) is -0.380. The third-order valence-electron chi connectivity index (χ3n) is 5.09. The van der Waals surface area contributed by atoms with Gasteiger partial charge in [0, 0.05) is 6.54 Å². The van der Waals surface area contributed by atoms with E-state index in [9.17, 15) is 14.7 Å². The average molecular weight is 356 g/mol. The molecule has 6 nitrogen and oxygen atoms in total. The Labute approximate surface area is 153 Å². The molecular formula is C20H24N2O4. The number of carboxylic acid groups (broad SMARTS) is 1. The number of hydrogen-bond donors (Lipinski definition) is 1. The van der Waals surface area contributed by atoms with Gasteiger partial charge in [-0.05, 0) is 63.4 Å². The standard InChI is InChI=1S/C20H24N2O4/c1-6-15-10-21(19(23)16-9-13(4)26-14(16)5)17-7-11(2)12(3)8-18(17)22(15)20(24)25/h7-9,15H,6,10H2,1-5H3,(H,24,25). The van der Waals surface area contributed by atoms with E-state index in [0.29, 0.717) is 41.4 Å². The van der Waals surface area contributed by atoms with Crippen LogP contribution in [0.4, 0.5) is 16.2 Å². The van der Waals surface area contributed by atoms with Crippen LogP contribution in [0, 0.1) is 27.7 Å². The number of aryl methyl sites for hydroxylation is 4. The van der Waals surface area contributed by atoms with Crippen molar-refractivity contribution in [1.29, 1.82) is 0 Å². The maximum absolute atomic E-state index is 13.2. The maximum atomic E-state index is 13.2. The van der Waals surface area contributed by atoms with Crippen LogP contribution < -0.4 is 9.80 Å². The van der Waals surface area contributed by atoms with Gasteiger partial charge in [-0.3, -0.25) is 9.69 Å². The highest BCUT2D eigenvalue weighted by molar-refractivity contribution is 6.10. The number of furan rings is 1. The first-order chi connectivity index (χ1) is 12.2. The van der Waals surface area contributed by atoms with Crippen LogP contribution in [0.25, 0.3) is 0 Å². The summed E-state index contributed by atoms with van der Waals surface area (Å²) in [6, 6.07) is 5.20. The molecule has 3 rings (SSSR count). The fourth-order valence-electron chi connectivity index (χ4n) is 3.53. The molecule has 6 heteroatoms. The fourth-order valence-corrected chi connectivity index (χ4v) is 3.53. The third kappa shape index (κ3) is 2.85. The van der Waals surface area contributed by atoms with E-state index >= 15 is 0 Å². The van der Waals surface area contributed by atoms with E-state index in [1.165, 1.54) is 4.90 Å². The van der Waals surface area contributed by atoms with Crippen LogP contribution in [0.2, 0.25) is 0 Å². The summed E-state index contributed by atoms with van der Waals surface area (Å²) in [7, 11) is 0. The van der Waals surface area contributed by atoms with Crippen molar-refractivity contribution in [3.05, 3.63) is 46.4 Å². The normalized spacial score (nSPS) is 16.6. The topological polar surface area (TPSA) is 74.0 Å². The van der Waals surface area contributed by atoms with Crippen LogP contribution in [0.5, 0.6) is 0 Å². The Kier molecular flexibility index (Phi) is 4.52. The molecule has 0 radical (unpaired) electrons. The first kappa shape index (κ1) is 18.0. The van der Waals surface area contributed by atoms with Crippen LogP contribution in [0.15, 0.2) is 22.6 Å². The van der Waals surface area contributed by atoms with Gasteiger partial charge in [0.25, 0.3) is 5.91 Å². The number of amides is 2. The zero-order valence-electron chi connectivity index (χ0n) is 15.8. The lowest BCUT2D eigenvalue weighted by Crippen LogP contribution is -2.52. The van der Waals surface area contributed by atoms with E-state index in [4.69, 9.17) is 4.42 Å². The van der Waals surface area contributed by atoms with Crippen LogP contribution in [-0.2, 0) is 0 Å². The summed E-state index contributed by atoms with van der Waals surface area (Å²) in [5, 5.41) is 9.74. The smallest absolute Gasteiger partial charge is 0.412 e. The minimum absolute atomic E-state index is 0.160. The molecule has 2 amide bonds. The van der Waals surface area contributed by atoms with Crippen LogP contribution in [0.1, 0.15) is 46.3 Å². The largest absolute Gasteiger partial charge is 0.466 e. The number of benzene rings is 1. The van der Waals surface area contributed by atoms with Gasteiger partial charge in [0.05, 0.1) is 23.0 Å². The van der Waals surface area contributed by atoms with Crippen molar-refractivity contribution in [2.75, 3.05) is 16.3 Å². The van der Waals surface area contributed by atoms with Crippen molar-refractivity contribution in [1.82, 2.24) is 0 Å². The molecule has 1 aliphatic rings. The second-order valence-electron chi connectivity index (χ2n) is 6.88. The molecule has 138 valence electrons. The monoisotopic (exact) mass is 356 g/mol. The number of rotatable bonds is 2. The van der Waals surface area contributed by atoms with Crippen molar-refractivity contribution in [3.63, 3.8) is 0 Å². The second kappa shape index (κ2) is 6.52. The summed E-state index contributed by atoms with van der Waals surface area (Å²) in [5.41, 5.74) is 3.72. The number of carbonyl (C=O) groups is 2. The third-order valence-corrected chi connectivity index (χ3v) is 5.09. The Morgan fingerprint density at radius 2 is 1.73 bits per heavy atom. The van der Waals surface area contributed by atoms with E-state index in [-0.39, 0.29) is 11.9 Å². The predicted molar refractivity (Wildman–Crippen MR) is 100 cm³/mol. The van der Waals surface area contributed by atoms with Crippen molar-refractivity contribution in [3.8, 4) is 0 Å². The molecule has 2 aromatic rings. The quantitative estimate of drug-likeness (QED) is 0.863. The van der Waals surface area contributed by atoms with Crippen molar-refractivity contribution in [2.45, 2.75) is 47.1 Å². The van der Waals surface area contributed by atoms with Gasteiger partial charge >= 0.3 is 6.09 Å². The van der Waals surface area contributed by atoms with Crippen molar-refractivity contribution < 1.29 is 19.1 Å². The number of fused-ring (bicyclic) bond motifs is 1. The lowest BCUT2D eigenvalue weighted by Gasteiger charge is -2.41. The van der Waals surface area contributed by atoms with Gasteiger partial charge in [-0.25, -0.2) is 4.79 Å². The summed E-state index contributed by atoms with van der Waals surface area (Å²) < 4.78 is 5.52. The molecule has 1 aromatic heterocycles. The molecule has 1 atom stereocenters. The molecule has 1 aliphatic heterocycles. The Balaban J connectivity index is 2.16. The fraction of sp³-hybridized carbons (Fsp3) is 0.400. The van der Waals surface area contributed by atoms with E-state index in [0.717, 1.165) is 11.1 Å². The molecule has 0 bridgehead atoms. The highest BCUT2D eigenvalue weighted by Gasteiger charge is 2.37. The molecule has 0 saturated carbocycles. The molecule has 1 N–H and O–H groups in total. The van der Waals surface area contributed by atoms with E-state index in [1.54, 1.807) is 17.9 Å². The molecular weight excluding hydrogens is 332 g/mol. The van der Waals surface area contributed by atoms with Gasteiger partial charge in [0.1, 0.15) is 11.5 Å². The molecule has 2 heterocycles.